The number of hydrogen-bond acceptors (Lipinski definition) is 9. The van der Waals surface area contributed by atoms with E-state index in [1.54, 1.807) is 25.1 Å². The Balaban J connectivity index is 1.32. The maximum Gasteiger partial charge on any atom is 0.315 e. The molecule has 0 radical (unpaired) electrons. The van der Waals surface area contributed by atoms with Crippen LogP contribution < -0.4 is 4.74 Å². The summed E-state index contributed by atoms with van der Waals surface area (Å²) in [6.45, 7) is 10.0. The molecule has 2 aromatic carbocycles. The van der Waals surface area contributed by atoms with Crippen molar-refractivity contribution in [2.45, 2.75) is 75.3 Å². The third-order valence-corrected chi connectivity index (χ3v) is 10.5. The first-order valence-corrected chi connectivity index (χ1v) is 15.4. The minimum absolute atomic E-state index is 0.0442. The minimum atomic E-state index is -1.91. The predicted molar refractivity (Wildman–Crippen MR) is 162 cm³/mol. The fraction of sp³-hybridized carbons (Fsp3) is 0.444. The Labute approximate surface area is 262 Å². The van der Waals surface area contributed by atoms with Crippen molar-refractivity contribution in [3.8, 4) is 11.5 Å². The van der Waals surface area contributed by atoms with Crippen LogP contribution in [0.2, 0.25) is 0 Å². The molecular weight excluding hydrogens is 576 g/mol. The molecule has 0 spiro atoms. The van der Waals surface area contributed by atoms with E-state index in [1.807, 2.05) is 43.3 Å². The Morgan fingerprint density at radius 1 is 1.11 bits per heavy atom. The van der Waals surface area contributed by atoms with Gasteiger partial charge in [0.05, 0.1) is 25.6 Å². The molecule has 3 fully saturated rings. The number of carbonyl (C=O) groups excluding carboxylic acids is 2. The van der Waals surface area contributed by atoms with Gasteiger partial charge in [-0.15, -0.1) is 0 Å². The molecule has 236 valence electrons. The van der Waals surface area contributed by atoms with E-state index in [4.69, 9.17) is 23.7 Å². The highest BCUT2D eigenvalue weighted by Gasteiger charge is 2.79. The van der Waals surface area contributed by atoms with Gasteiger partial charge in [-0.25, -0.2) is 0 Å². The number of aromatic hydroxyl groups is 1. The molecule has 3 bridgehead atoms. The number of aliphatic hydroxyl groups is 1. The largest absolute Gasteiger partial charge is 0.504 e. The maximum atomic E-state index is 13.8. The molecule has 2 heterocycles. The van der Waals surface area contributed by atoms with Gasteiger partial charge in [-0.2, -0.15) is 0 Å². The van der Waals surface area contributed by atoms with Gasteiger partial charge in [0, 0.05) is 18.3 Å². The van der Waals surface area contributed by atoms with Gasteiger partial charge in [0.1, 0.15) is 23.1 Å². The number of ketones is 1. The number of fused-ring (bicyclic) bond motifs is 2. The zero-order chi connectivity index (χ0) is 31.9. The summed E-state index contributed by atoms with van der Waals surface area (Å²) in [5.74, 6) is -3.64. The normalized spacial score (nSPS) is 37.7. The number of benzene rings is 2. The SMILES string of the molecule is C=C(C)[C@]12C[C@@H](C)[C@]34OC(Cc5ccccc5)(O[C@@H]1[C@@H]3C=C(OC(=O)Cc1ccc(O)c(OC)c1)C[C@]1(O)C(=O)C(C)=C[C@@H]41)O2. The molecule has 3 aliphatic carbocycles. The van der Waals surface area contributed by atoms with E-state index in [-0.39, 0.29) is 36.0 Å². The fourth-order valence-corrected chi connectivity index (χ4v) is 8.51. The molecule has 2 N–H and O–H groups in total. The maximum absolute atomic E-state index is 13.8. The van der Waals surface area contributed by atoms with Gasteiger partial charge >= 0.3 is 5.97 Å². The standard InChI is InChI=1S/C36H38O9/c1-20(2)34-17-22(4)36-26(32(34)43-35(44-34,45-36)18-23-9-7-6-8-10-23)16-25(19-33(40)29(36)13-21(3)31(33)39)42-30(38)15-24-11-12-27(37)28(14-24)41-5/h6-14,16,22,26,29,32,37,40H,1,15,17-19H2,2-5H3/t22-,26+,29-,32-,33-,34-,35?,36+/m1/s1. The second-order valence-corrected chi connectivity index (χ2v) is 13.3. The van der Waals surface area contributed by atoms with Crippen molar-refractivity contribution in [1.29, 1.82) is 0 Å². The Bertz CT molecular complexity index is 1660. The number of carbonyl (C=O) groups is 2. The molecule has 8 atom stereocenters. The zero-order valence-electron chi connectivity index (χ0n) is 25.9. The molecule has 1 saturated carbocycles. The van der Waals surface area contributed by atoms with Gasteiger partial charge in [0.15, 0.2) is 17.3 Å². The summed E-state index contributed by atoms with van der Waals surface area (Å²) >= 11 is 0. The van der Waals surface area contributed by atoms with Crippen molar-refractivity contribution in [1.82, 2.24) is 0 Å². The highest BCUT2D eigenvalue weighted by atomic mass is 16.9. The number of phenols is 1. The van der Waals surface area contributed by atoms with Gasteiger partial charge in [-0.3, -0.25) is 9.59 Å². The number of rotatable bonds is 7. The monoisotopic (exact) mass is 614 g/mol. The van der Waals surface area contributed by atoms with E-state index in [1.165, 1.54) is 13.2 Å². The van der Waals surface area contributed by atoms with Crippen LogP contribution in [0.1, 0.15) is 44.7 Å². The number of phenolic OH excluding ortho intramolecular Hbond substituents is 1. The Kier molecular flexibility index (Phi) is 6.73. The number of hydrogen-bond donors (Lipinski definition) is 2. The second-order valence-electron chi connectivity index (χ2n) is 13.3. The van der Waals surface area contributed by atoms with Crippen molar-refractivity contribution in [2.24, 2.45) is 17.8 Å². The van der Waals surface area contributed by atoms with E-state index in [9.17, 15) is 19.8 Å². The molecule has 7 rings (SSSR count). The summed E-state index contributed by atoms with van der Waals surface area (Å²) < 4.78 is 31.9. The van der Waals surface area contributed by atoms with Crippen molar-refractivity contribution >= 4 is 11.8 Å². The fourth-order valence-electron chi connectivity index (χ4n) is 8.51. The average Bonchev–Trinajstić information content (AvgIpc) is 3.30. The van der Waals surface area contributed by atoms with Crippen molar-refractivity contribution < 1.29 is 43.5 Å². The lowest BCUT2D eigenvalue weighted by molar-refractivity contribution is -0.421. The van der Waals surface area contributed by atoms with Crippen LogP contribution in [-0.4, -0.2) is 58.0 Å². The van der Waals surface area contributed by atoms with Crippen molar-refractivity contribution in [3.05, 3.63) is 95.3 Å². The quantitative estimate of drug-likeness (QED) is 0.338. The van der Waals surface area contributed by atoms with Crippen LogP contribution in [0.25, 0.3) is 0 Å². The number of ether oxygens (including phenoxy) is 5. The first-order chi connectivity index (χ1) is 21.4. The van der Waals surface area contributed by atoms with Gasteiger partial charge in [-0.05, 0) is 66.7 Å². The first-order valence-electron chi connectivity index (χ1n) is 15.4. The summed E-state index contributed by atoms with van der Waals surface area (Å²) in [6.07, 6.45) is 3.53. The van der Waals surface area contributed by atoms with Crippen LogP contribution >= 0.6 is 0 Å². The molecular formula is C36H38O9. The molecule has 2 aromatic rings. The predicted octanol–water partition coefficient (Wildman–Crippen LogP) is 4.70. The zero-order valence-corrected chi connectivity index (χ0v) is 25.9. The third-order valence-electron chi connectivity index (χ3n) is 10.5. The second kappa shape index (κ2) is 10.1. The Morgan fingerprint density at radius 3 is 2.58 bits per heavy atom. The van der Waals surface area contributed by atoms with Crippen LogP contribution in [-0.2, 0) is 41.4 Å². The van der Waals surface area contributed by atoms with Crippen LogP contribution in [0.5, 0.6) is 11.5 Å². The topological polar surface area (TPSA) is 121 Å². The van der Waals surface area contributed by atoms with E-state index >= 15 is 0 Å². The smallest absolute Gasteiger partial charge is 0.315 e. The molecule has 9 nitrogen and oxygen atoms in total. The van der Waals surface area contributed by atoms with Crippen LogP contribution in [0.4, 0.5) is 0 Å². The van der Waals surface area contributed by atoms with Crippen LogP contribution in [0.15, 0.2) is 84.2 Å². The van der Waals surface area contributed by atoms with Gasteiger partial charge in [-0.1, -0.05) is 56.0 Å². The summed E-state index contributed by atoms with van der Waals surface area (Å²) in [7, 11) is 1.43. The highest BCUT2D eigenvalue weighted by Crippen LogP contribution is 2.68. The molecule has 0 amide bonds. The van der Waals surface area contributed by atoms with Gasteiger partial charge < -0.3 is 33.9 Å². The van der Waals surface area contributed by atoms with Crippen LogP contribution in [0, 0.1) is 17.8 Å². The summed E-state index contributed by atoms with van der Waals surface area (Å²) in [4.78, 5) is 27.1. The van der Waals surface area contributed by atoms with E-state index in [0.29, 0.717) is 24.0 Å². The van der Waals surface area contributed by atoms with Crippen LogP contribution in [0.3, 0.4) is 0 Å². The van der Waals surface area contributed by atoms with E-state index in [0.717, 1.165) is 11.1 Å². The van der Waals surface area contributed by atoms with Crippen molar-refractivity contribution in [3.63, 3.8) is 0 Å². The molecule has 1 unspecified atom stereocenters. The van der Waals surface area contributed by atoms with E-state index < -0.39 is 52.5 Å². The highest BCUT2D eigenvalue weighted by molar-refractivity contribution is 6.04. The molecule has 0 aromatic heterocycles. The lowest BCUT2D eigenvalue weighted by Crippen LogP contribution is -2.70. The molecule has 45 heavy (non-hydrogen) atoms. The number of methoxy groups -OCH3 is 1. The summed E-state index contributed by atoms with van der Waals surface area (Å²) in [5.41, 5.74) is -1.19. The number of Topliss-reactive ketones (excluding diaryl/α,β-unsaturated/α-hetero) is 1. The Morgan fingerprint density at radius 2 is 1.87 bits per heavy atom. The minimum Gasteiger partial charge on any atom is -0.504 e. The molecule has 2 aliphatic heterocycles. The first kappa shape index (κ1) is 29.9. The molecule has 2 saturated heterocycles. The third kappa shape index (κ3) is 4.28. The summed E-state index contributed by atoms with van der Waals surface area (Å²) in [5, 5.41) is 22.3. The Hall–Kier alpha value is -3.76. The molecule has 9 heteroatoms. The van der Waals surface area contributed by atoms with Gasteiger partial charge in [0.25, 0.3) is 5.97 Å². The average molecular weight is 615 g/mol. The number of esters is 1. The molecule has 5 aliphatic rings. The van der Waals surface area contributed by atoms with Gasteiger partial charge in [0.2, 0.25) is 0 Å². The van der Waals surface area contributed by atoms with Crippen molar-refractivity contribution in [2.75, 3.05) is 7.11 Å². The van der Waals surface area contributed by atoms with E-state index in [2.05, 4.69) is 13.5 Å². The lowest BCUT2D eigenvalue weighted by Gasteiger charge is -2.59. The summed E-state index contributed by atoms with van der Waals surface area (Å²) in [6, 6.07) is 14.4. The lowest BCUT2D eigenvalue weighted by atomic mass is 9.55.